The number of carbonyl (C=O) groups is 2. The Morgan fingerprint density at radius 3 is 2.81 bits per heavy atom. The summed E-state index contributed by atoms with van der Waals surface area (Å²) in [6.45, 7) is 0. The van der Waals surface area contributed by atoms with Crippen LogP contribution in [0.3, 0.4) is 0 Å². The minimum atomic E-state index is -0.380. The van der Waals surface area contributed by atoms with Crippen LogP contribution in [0.5, 0.6) is 0 Å². The number of nitrogens with one attached hydrogen (secondary N) is 3. The highest BCUT2D eigenvalue weighted by Crippen LogP contribution is 2.36. The van der Waals surface area contributed by atoms with Gasteiger partial charge in [0.15, 0.2) is 0 Å². The van der Waals surface area contributed by atoms with Gasteiger partial charge in [-0.1, -0.05) is 18.2 Å². The summed E-state index contributed by atoms with van der Waals surface area (Å²) < 4.78 is 0.778. The molecule has 2 amide bonds. The van der Waals surface area contributed by atoms with Crippen molar-refractivity contribution in [3.8, 4) is 0 Å². The van der Waals surface area contributed by atoms with Crippen LogP contribution in [-0.2, 0) is 11.2 Å². The van der Waals surface area contributed by atoms with Crippen LogP contribution in [0.25, 0.3) is 0 Å². The van der Waals surface area contributed by atoms with Crippen LogP contribution in [0.2, 0.25) is 0 Å². The molecule has 1 unspecified atom stereocenters. The fraction of sp³-hybridized carbons (Fsp3) is 0.143. The molecular weight excluding hydrogens is 354 g/mol. The maximum Gasteiger partial charge on any atom is 0.286 e. The van der Waals surface area contributed by atoms with Gasteiger partial charge in [-0.05, 0) is 40.0 Å². The van der Waals surface area contributed by atoms with Crippen LogP contribution in [0.4, 0.5) is 0 Å². The van der Waals surface area contributed by atoms with E-state index in [2.05, 4.69) is 31.8 Å². The molecule has 0 radical (unpaired) electrons. The highest BCUT2D eigenvalue weighted by atomic mass is 79.9. The molecule has 2 heterocycles. The third-order valence-electron chi connectivity index (χ3n) is 3.13. The second kappa shape index (κ2) is 5.95. The highest BCUT2D eigenvalue weighted by Gasteiger charge is 2.28. The first-order chi connectivity index (χ1) is 10.1. The Morgan fingerprint density at radius 2 is 2.10 bits per heavy atom. The molecule has 3 rings (SSSR count). The van der Waals surface area contributed by atoms with E-state index in [-0.39, 0.29) is 17.1 Å². The van der Waals surface area contributed by atoms with Crippen LogP contribution in [0, 0.1) is 0 Å². The molecule has 0 aliphatic carbocycles. The third-order valence-corrected chi connectivity index (χ3v) is 4.91. The molecule has 5 nitrogen and oxygen atoms in total. The molecule has 0 bridgehead atoms. The van der Waals surface area contributed by atoms with E-state index in [0.717, 1.165) is 9.37 Å². The molecule has 1 aliphatic rings. The first-order valence-electron chi connectivity index (χ1n) is 6.32. The van der Waals surface area contributed by atoms with Crippen molar-refractivity contribution in [3.05, 3.63) is 52.3 Å². The number of hydrogen-bond donors (Lipinski definition) is 3. The molecular formula is C14H12BrN3O2S. The van der Waals surface area contributed by atoms with E-state index in [1.165, 1.54) is 17.3 Å². The first kappa shape index (κ1) is 14.2. The predicted octanol–water partition coefficient (Wildman–Crippen LogP) is 2.26. The van der Waals surface area contributed by atoms with Crippen LogP contribution >= 0.6 is 27.7 Å². The van der Waals surface area contributed by atoms with Crippen molar-refractivity contribution < 1.29 is 9.59 Å². The molecule has 0 saturated carbocycles. The zero-order chi connectivity index (χ0) is 14.8. The van der Waals surface area contributed by atoms with E-state index in [1.807, 2.05) is 24.3 Å². The van der Waals surface area contributed by atoms with Crippen molar-refractivity contribution in [1.82, 2.24) is 15.8 Å². The maximum absolute atomic E-state index is 12.1. The number of hydrazine groups is 1. The number of fused-ring (bicyclic) bond motifs is 1. The lowest BCUT2D eigenvalue weighted by Crippen LogP contribution is -2.45. The zero-order valence-electron chi connectivity index (χ0n) is 10.9. The number of carbonyl (C=O) groups excluding carboxylic acids is 2. The maximum atomic E-state index is 12.1. The van der Waals surface area contributed by atoms with Crippen molar-refractivity contribution in [3.63, 3.8) is 0 Å². The first-order valence-corrected chi connectivity index (χ1v) is 7.99. The van der Waals surface area contributed by atoms with E-state index in [0.29, 0.717) is 12.1 Å². The largest absolute Gasteiger partial charge is 0.356 e. The fourth-order valence-corrected chi connectivity index (χ4v) is 3.63. The smallest absolute Gasteiger partial charge is 0.286 e. The van der Waals surface area contributed by atoms with Crippen LogP contribution in [-0.4, -0.2) is 22.0 Å². The Bertz CT molecular complexity index is 676. The number of rotatable bonds is 2. The minimum Gasteiger partial charge on any atom is -0.356 e. The summed E-state index contributed by atoms with van der Waals surface area (Å²) in [5, 5.41) is -0.210. The number of amides is 2. The average molecular weight is 366 g/mol. The van der Waals surface area contributed by atoms with Crippen molar-refractivity contribution in [2.45, 2.75) is 16.6 Å². The lowest BCUT2D eigenvalue weighted by atomic mass is 10.1. The summed E-state index contributed by atoms with van der Waals surface area (Å²) in [6.07, 6.45) is 2.33. The SMILES string of the molecule is O=C(NNC(=O)C1Cc2ccccc2S1)c1cc(Br)c[nH]1. The Morgan fingerprint density at radius 1 is 1.29 bits per heavy atom. The lowest BCUT2D eigenvalue weighted by molar-refractivity contribution is -0.121. The van der Waals surface area contributed by atoms with Gasteiger partial charge in [0, 0.05) is 15.6 Å². The van der Waals surface area contributed by atoms with Gasteiger partial charge < -0.3 is 4.98 Å². The molecule has 0 spiro atoms. The van der Waals surface area contributed by atoms with E-state index in [1.54, 1.807) is 12.3 Å². The van der Waals surface area contributed by atoms with Crippen molar-refractivity contribution in [2.24, 2.45) is 0 Å². The van der Waals surface area contributed by atoms with Gasteiger partial charge in [0.2, 0.25) is 0 Å². The Balaban J connectivity index is 1.55. The van der Waals surface area contributed by atoms with Gasteiger partial charge in [0.1, 0.15) is 5.69 Å². The number of thioether (sulfide) groups is 1. The summed E-state index contributed by atoms with van der Waals surface area (Å²) in [5.41, 5.74) is 6.43. The number of aromatic amines is 1. The summed E-state index contributed by atoms with van der Waals surface area (Å²) in [6, 6.07) is 9.58. The molecule has 3 N–H and O–H groups in total. The molecule has 1 aromatic heterocycles. The van der Waals surface area contributed by atoms with Crippen molar-refractivity contribution >= 4 is 39.5 Å². The molecule has 21 heavy (non-hydrogen) atoms. The number of aromatic nitrogens is 1. The molecule has 7 heteroatoms. The topological polar surface area (TPSA) is 74.0 Å². The van der Waals surface area contributed by atoms with E-state index in [4.69, 9.17) is 0 Å². The zero-order valence-corrected chi connectivity index (χ0v) is 13.3. The molecule has 1 aromatic carbocycles. The van der Waals surface area contributed by atoms with Crippen molar-refractivity contribution in [1.29, 1.82) is 0 Å². The molecule has 1 atom stereocenters. The average Bonchev–Trinajstić information content (AvgIpc) is 3.10. The third kappa shape index (κ3) is 3.14. The van der Waals surface area contributed by atoms with E-state index < -0.39 is 0 Å². The Labute approximate surface area is 134 Å². The molecule has 0 saturated heterocycles. The van der Waals surface area contributed by atoms with Gasteiger partial charge in [0.05, 0.1) is 5.25 Å². The van der Waals surface area contributed by atoms with Gasteiger partial charge in [0.25, 0.3) is 11.8 Å². The van der Waals surface area contributed by atoms with Gasteiger partial charge in [-0.3, -0.25) is 20.4 Å². The van der Waals surface area contributed by atoms with Gasteiger partial charge in [-0.2, -0.15) is 0 Å². The fourth-order valence-electron chi connectivity index (χ4n) is 2.09. The highest BCUT2D eigenvalue weighted by molar-refractivity contribution is 9.10. The Kier molecular flexibility index (Phi) is 4.03. The Hall–Kier alpha value is -1.73. The lowest BCUT2D eigenvalue weighted by Gasteiger charge is -2.10. The van der Waals surface area contributed by atoms with Gasteiger partial charge >= 0.3 is 0 Å². The number of halogens is 1. The molecule has 2 aromatic rings. The van der Waals surface area contributed by atoms with E-state index >= 15 is 0 Å². The number of benzene rings is 1. The number of H-pyrrole nitrogens is 1. The quantitative estimate of drug-likeness (QED) is 0.714. The molecule has 0 fully saturated rings. The van der Waals surface area contributed by atoms with Crippen LogP contribution in [0.1, 0.15) is 16.1 Å². The van der Waals surface area contributed by atoms with Crippen LogP contribution in [0.15, 0.2) is 45.9 Å². The normalized spacial score (nSPS) is 16.3. The standard InChI is InChI=1S/C14H12BrN3O2S/c15-9-6-10(16-7-9)13(19)17-18-14(20)12-5-8-3-1-2-4-11(8)21-12/h1-4,6-7,12,16H,5H2,(H,17,19)(H,18,20). The predicted molar refractivity (Wildman–Crippen MR) is 83.9 cm³/mol. The monoisotopic (exact) mass is 365 g/mol. The summed E-state index contributed by atoms with van der Waals surface area (Å²) in [7, 11) is 0. The molecule has 108 valence electrons. The van der Waals surface area contributed by atoms with Gasteiger partial charge in [-0.25, -0.2) is 0 Å². The summed E-state index contributed by atoms with van der Waals surface area (Å²) in [5.74, 6) is -0.579. The van der Waals surface area contributed by atoms with Gasteiger partial charge in [-0.15, -0.1) is 11.8 Å². The number of hydrogen-bond acceptors (Lipinski definition) is 3. The second-order valence-electron chi connectivity index (χ2n) is 4.59. The summed E-state index contributed by atoms with van der Waals surface area (Å²) in [4.78, 5) is 27.8. The van der Waals surface area contributed by atoms with Crippen molar-refractivity contribution in [2.75, 3.05) is 0 Å². The summed E-state index contributed by atoms with van der Waals surface area (Å²) >= 11 is 4.77. The second-order valence-corrected chi connectivity index (χ2v) is 6.75. The molecule has 1 aliphatic heterocycles. The minimum absolute atomic E-state index is 0.199. The van der Waals surface area contributed by atoms with Crippen LogP contribution < -0.4 is 10.9 Å². The van der Waals surface area contributed by atoms with E-state index in [9.17, 15) is 9.59 Å².